The van der Waals surface area contributed by atoms with Crippen molar-refractivity contribution in [2.75, 3.05) is 0 Å². The van der Waals surface area contributed by atoms with Crippen molar-refractivity contribution in [3.8, 4) is 0 Å². The number of hydrogen-bond acceptors (Lipinski definition) is 2. The van der Waals surface area contributed by atoms with Gasteiger partial charge in [0, 0.05) is 17.9 Å². The van der Waals surface area contributed by atoms with E-state index >= 15 is 0 Å². The summed E-state index contributed by atoms with van der Waals surface area (Å²) in [5.74, 6) is 0.0402. The maximum absolute atomic E-state index is 11.4. The van der Waals surface area contributed by atoms with Crippen LogP contribution in [-0.2, 0) is 13.5 Å². The number of fused-ring (bicyclic) bond motifs is 1. The molecule has 0 saturated carbocycles. The van der Waals surface area contributed by atoms with Crippen LogP contribution in [-0.4, -0.2) is 20.6 Å². The molecule has 1 N–H and O–H groups in total. The molecule has 0 atom stereocenters. The van der Waals surface area contributed by atoms with Crippen molar-refractivity contribution in [1.82, 2.24) is 9.55 Å². The number of halogens is 1. The van der Waals surface area contributed by atoms with E-state index in [4.69, 9.17) is 4.98 Å². The highest BCUT2D eigenvalue weighted by atomic mass is 79.9. The number of aromatic carboxylic acids is 1. The number of hydrogen-bond donors (Lipinski definition) is 1. The lowest BCUT2D eigenvalue weighted by Crippen LogP contribution is -2.07. The van der Waals surface area contributed by atoms with Gasteiger partial charge in [-0.3, -0.25) is 0 Å². The molecule has 0 fully saturated rings. The second kappa shape index (κ2) is 6.06. The van der Waals surface area contributed by atoms with Crippen molar-refractivity contribution in [3.05, 3.63) is 62.4 Å². The van der Waals surface area contributed by atoms with Gasteiger partial charge in [0.05, 0.1) is 16.6 Å². The average molecular weight is 387 g/mol. The van der Waals surface area contributed by atoms with Crippen molar-refractivity contribution in [1.29, 1.82) is 0 Å². The summed E-state index contributed by atoms with van der Waals surface area (Å²) in [5.41, 5.74) is 6.46. The fraction of sp³-hybridized carbons (Fsp3) is 0.263. The zero-order valence-electron chi connectivity index (χ0n) is 14.1. The number of aryl methyl sites for hydroxylation is 3. The largest absolute Gasteiger partial charge is 0.478 e. The molecule has 2 aromatic carbocycles. The van der Waals surface area contributed by atoms with Gasteiger partial charge in [0.2, 0.25) is 0 Å². The predicted molar refractivity (Wildman–Crippen MR) is 98.8 cm³/mol. The third-order valence-electron chi connectivity index (χ3n) is 4.63. The molecule has 0 aliphatic carbocycles. The lowest BCUT2D eigenvalue weighted by molar-refractivity contribution is 0.0696. The van der Waals surface area contributed by atoms with Gasteiger partial charge in [-0.2, -0.15) is 0 Å². The van der Waals surface area contributed by atoms with Crippen LogP contribution in [0.2, 0.25) is 0 Å². The number of nitrogens with zero attached hydrogens (tertiary/aromatic N) is 2. The van der Waals surface area contributed by atoms with Crippen LogP contribution in [0.1, 0.15) is 38.4 Å². The second-order valence-corrected chi connectivity index (χ2v) is 7.11. The molecule has 1 heterocycles. The Balaban J connectivity index is 2.14. The van der Waals surface area contributed by atoms with E-state index in [0.29, 0.717) is 12.0 Å². The number of imidazole rings is 1. The minimum absolute atomic E-state index is 0.355. The minimum atomic E-state index is -0.890. The van der Waals surface area contributed by atoms with Crippen LogP contribution in [0.4, 0.5) is 0 Å². The summed E-state index contributed by atoms with van der Waals surface area (Å²) in [7, 11) is 2.00. The van der Waals surface area contributed by atoms with Crippen molar-refractivity contribution in [3.63, 3.8) is 0 Å². The second-order valence-electron chi connectivity index (χ2n) is 6.19. The number of rotatable bonds is 3. The van der Waals surface area contributed by atoms with Crippen LogP contribution < -0.4 is 0 Å². The van der Waals surface area contributed by atoms with Crippen molar-refractivity contribution >= 4 is 32.9 Å². The highest BCUT2D eigenvalue weighted by Gasteiger charge is 2.16. The Morgan fingerprint density at radius 3 is 2.58 bits per heavy atom. The Bertz CT molecular complexity index is 973. The average Bonchev–Trinajstić information content (AvgIpc) is 2.80. The number of carbonyl (C=O) groups is 1. The monoisotopic (exact) mass is 386 g/mol. The smallest absolute Gasteiger partial charge is 0.335 e. The summed E-state index contributed by atoms with van der Waals surface area (Å²) in [5, 5.41) is 9.36. The van der Waals surface area contributed by atoms with Gasteiger partial charge >= 0.3 is 5.97 Å². The van der Waals surface area contributed by atoms with Crippen LogP contribution in [0.15, 0.2) is 28.7 Å². The van der Waals surface area contributed by atoms with E-state index in [9.17, 15) is 9.90 Å². The zero-order valence-corrected chi connectivity index (χ0v) is 15.7. The number of benzene rings is 2. The van der Waals surface area contributed by atoms with Gasteiger partial charge in [-0.1, -0.05) is 22.0 Å². The van der Waals surface area contributed by atoms with Crippen LogP contribution in [0.25, 0.3) is 11.0 Å². The molecule has 3 rings (SSSR count). The van der Waals surface area contributed by atoms with E-state index in [1.54, 1.807) is 6.07 Å². The molecule has 0 bridgehead atoms. The zero-order chi connectivity index (χ0) is 17.6. The fourth-order valence-corrected chi connectivity index (χ4v) is 3.73. The molecule has 0 radical (unpaired) electrons. The topological polar surface area (TPSA) is 55.1 Å². The molecule has 124 valence electrons. The SMILES string of the molecule is Cc1ccc(C(=O)O)c(C)c1Cc1nc2c(C)cc(Br)cc2n1C. The summed E-state index contributed by atoms with van der Waals surface area (Å²) in [6.45, 7) is 5.93. The molecule has 3 aromatic rings. The summed E-state index contributed by atoms with van der Waals surface area (Å²) in [4.78, 5) is 16.2. The molecule has 0 aliphatic rings. The first kappa shape index (κ1) is 16.7. The fourth-order valence-electron chi connectivity index (χ4n) is 3.17. The summed E-state index contributed by atoms with van der Waals surface area (Å²) < 4.78 is 3.11. The normalized spacial score (nSPS) is 11.2. The predicted octanol–water partition coefficient (Wildman–Crippen LogP) is 4.55. The summed E-state index contributed by atoms with van der Waals surface area (Å²) in [6.07, 6.45) is 0.612. The van der Waals surface area contributed by atoms with E-state index in [1.165, 1.54) is 0 Å². The van der Waals surface area contributed by atoms with E-state index in [0.717, 1.165) is 43.6 Å². The van der Waals surface area contributed by atoms with Gasteiger partial charge in [-0.25, -0.2) is 9.78 Å². The minimum Gasteiger partial charge on any atom is -0.478 e. The van der Waals surface area contributed by atoms with Gasteiger partial charge in [0.25, 0.3) is 0 Å². The van der Waals surface area contributed by atoms with Gasteiger partial charge in [-0.05, 0) is 61.2 Å². The van der Waals surface area contributed by atoms with Crippen LogP contribution in [0.3, 0.4) is 0 Å². The van der Waals surface area contributed by atoms with E-state index in [-0.39, 0.29) is 0 Å². The van der Waals surface area contributed by atoms with E-state index < -0.39 is 5.97 Å². The third kappa shape index (κ3) is 2.73. The molecule has 0 saturated heterocycles. The Morgan fingerprint density at radius 2 is 1.92 bits per heavy atom. The molecule has 24 heavy (non-hydrogen) atoms. The Morgan fingerprint density at radius 1 is 1.21 bits per heavy atom. The van der Waals surface area contributed by atoms with Crippen LogP contribution in [0.5, 0.6) is 0 Å². The molecule has 1 aromatic heterocycles. The molecular weight excluding hydrogens is 368 g/mol. The third-order valence-corrected chi connectivity index (χ3v) is 5.09. The van der Waals surface area contributed by atoms with Crippen molar-refractivity contribution < 1.29 is 9.90 Å². The molecule has 0 spiro atoms. The first-order valence-corrected chi connectivity index (χ1v) is 8.52. The molecule has 5 heteroatoms. The van der Waals surface area contributed by atoms with Gasteiger partial charge in [-0.15, -0.1) is 0 Å². The first-order chi connectivity index (χ1) is 11.3. The molecule has 0 unspecified atom stereocenters. The van der Waals surface area contributed by atoms with Gasteiger partial charge in [0.1, 0.15) is 5.82 Å². The summed E-state index contributed by atoms with van der Waals surface area (Å²) >= 11 is 3.54. The molecule has 0 amide bonds. The Kier molecular flexibility index (Phi) is 4.22. The Labute approximate surface area is 149 Å². The maximum Gasteiger partial charge on any atom is 0.335 e. The van der Waals surface area contributed by atoms with Gasteiger partial charge in [0.15, 0.2) is 0 Å². The molecular formula is C19H19BrN2O2. The molecule has 4 nitrogen and oxygen atoms in total. The molecule has 0 aliphatic heterocycles. The van der Waals surface area contributed by atoms with E-state index in [1.807, 2.05) is 33.9 Å². The maximum atomic E-state index is 11.4. The lowest BCUT2D eigenvalue weighted by Gasteiger charge is -2.12. The number of aromatic nitrogens is 2. The Hall–Kier alpha value is -2.14. The first-order valence-electron chi connectivity index (χ1n) is 7.73. The standard InChI is InChI=1S/C19H19BrN2O2/c1-10-5-6-14(19(23)24)12(3)15(10)9-17-21-18-11(2)7-13(20)8-16(18)22(17)4/h5-8H,9H2,1-4H3,(H,23,24). The quantitative estimate of drug-likeness (QED) is 0.718. The summed E-state index contributed by atoms with van der Waals surface area (Å²) in [6, 6.07) is 7.66. The highest BCUT2D eigenvalue weighted by Crippen LogP contribution is 2.27. The van der Waals surface area contributed by atoms with Gasteiger partial charge < -0.3 is 9.67 Å². The van der Waals surface area contributed by atoms with Crippen molar-refractivity contribution in [2.45, 2.75) is 27.2 Å². The number of carboxylic acid groups (broad SMARTS) is 1. The van der Waals surface area contributed by atoms with Crippen LogP contribution in [0, 0.1) is 20.8 Å². The number of carboxylic acids is 1. The van der Waals surface area contributed by atoms with Crippen LogP contribution >= 0.6 is 15.9 Å². The van der Waals surface area contributed by atoms with E-state index in [2.05, 4.69) is 32.6 Å². The lowest BCUT2D eigenvalue weighted by atomic mass is 9.95. The van der Waals surface area contributed by atoms with Crippen molar-refractivity contribution in [2.24, 2.45) is 7.05 Å². The highest BCUT2D eigenvalue weighted by molar-refractivity contribution is 9.10.